The lowest BCUT2D eigenvalue weighted by atomic mass is 9.92. The molecule has 0 bridgehead atoms. The number of nitrogens with one attached hydrogen (secondary N) is 1. The summed E-state index contributed by atoms with van der Waals surface area (Å²) in [5.41, 5.74) is -2.53. The summed E-state index contributed by atoms with van der Waals surface area (Å²) in [6.45, 7) is 0.464. The van der Waals surface area contributed by atoms with Crippen LogP contribution in [0.2, 0.25) is 0 Å². The van der Waals surface area contributed by atoms with E-state index in [1.807, 2.05) is 0 Å². The molecule has 0 saturated carbocycles. The van der Waals surface area contributed by atoms with Gasteiger partial charge in [0.2, 0.25) is 5.91 Å². The van der Waals surface area contributed by atoms with E-state index in [-0.39, 0.29) is 56.2 Å². The van der Waals surface area contributed by atoms with Crippen molar-refractivity contribution in [1.82, 2.24) is 19.7 Å². The lowest BCUT2D eigenvalue weighted by Gasteiger charge is -2.41. The van der Waals surface area contributed by atoms with Crippen LogP contribution < -0.4 is 10.2 Å². The van der Waals surface area contributed by atoms with Gasteiger partial charge < -0.3 is 15.3 Å². The van der Waals surface area contributed by atoms with Gasteiger partial charge in [-0.1, -0.05) is 18.2 Å². The molecule has 0 spiro atoms. The van der Waals surface area contributed by atoms with Gasteiger partial charge in [-0.25, -0.2) is 22.8 Å². The fraction of sp³-hybridized carbons (Fsp3) is 0.258. The van der Waals surface area contributed by atoms with Crippen LogP contribution in [0.1, 0.15) is 16.7 Å². The van der Waals surface area contributed by atoms with Crippen LogP contribution in [0.25, 0.3) is 6.08 Å². The van der Waals surface area contributed by atoms with Gasteiger partial charge in [0, 0.05) is 61.8 Å². The second-order valence-electron chi connectivity index (χ2n) is 10.6. The van der Waals surface area contributed by atoms with Crippen LogP contribution in [0.5, 0.6) is 0 Å². The Morgan fingerprint density at radius 3 is 2.24 bits per heavy atom. The molecular weight excluding hydrogens is 602 g/mol. The molecular formula is C31H28F6N6O2. The molecule has 236 valence electrons. The minimum atomic E-state index is -4.73. The van der Waals surface area contributed by atoms with Crippen molar-refractivity contribution in [2.24, 2.45) is 0 Å². The van der Waals surface area contributed by atoms with E-state index in [1.54, 1.807) is 9.80 Å². The first kappa shape index (κ1) is 31.7. The van der Waals surface area contributed by atoms with Crippen LogP contribution >= 0.6 is 0 Å². The van der Waals surface area contributed by atoms with E-state index in [4.69, 9.17) is 0 Å². The largest absolute Gasteiger partial charge is 0.418 e. The highest BCUT2D eigenvalue weighted by Crippen LogP contribution is 2.39. The topological polar surface area (TPSA) is 86.5 Å². The average molecular weight is 631 g/mol. The molecule has 1 aliphatic heterocycles. The third-order valence-corrected chi connectivity index (χ3v) is 7.39. The molecule has 5 rings (SSSR count). The van der Waals surface area contributed by atoms with Crippen LogP contribution in [0.4, 0.5) is 37.7 Å². The molecule has 1 saturated heterocycles. The Morgan fingerprint density at radius 1 is 0.889 bits per heavy atom. The fourth-order valence-corrected chi connectivity index (χ4v) is 5.23. The number of nitrogens with zero attached hydrogens (tertiary/aromatic N) is 5. The Bertz CT molecular complexity index is 1650. The van der Waals surface area contributed by atoms with E-state index < -0.39 is 40.7 Å². The van der Waals surface area contributed by atoms with Crippen LogP contribution in [-0.2, 0) is 23.1 Å². The van der Waals surface area contributed by atoms with Gasteiger partial charge in [0.05, 0.1) is 12.1 Å². The first-order chi connectivity index (χ1) is 21.4. The molecule has 1 fully saturated rings. The maximum atomic E-state index is 14.8. The number of alkyl halides is 3. The van der Waals surface area contributed by atoms with Gasteiger partial charge >= 0.3 is 6.18 Å². The number of hydrogen-bond acceptors (Lipinski definition) is 6. The molecule has 1 amide bonds. The Hall–Kier alpha value is -4.69. The van der Waals surface area contributed by atoms with Crippen LogP contribution in [0.3, 0.4) is 0 Å². The minimum Gasteiger partial charge on any atom is -0.382 e. The number of carbonyl (C=O) groups excluding carboxylic acids is 1. The van der Waals surface area contributed by atoms with Gasteiger partial charge in [-0.2, -0.15) is 18.3 Å². The van der Waals surface area contributed by atoms with E-state index in [0.29, 0.717) is 11.6 Å². The average Bonchev–Trinajstić information content (AvgIpc) is 3.49. The first-order valence-corrected chi connectivity index (χ1v) is 13.8. The van der Waals surface area contributed by atoms with E-state index >= 15 is 0 Å². The number of anilines is 2. The van der Waals surface area contributed by atoms with E-state index in [2.05, 4.69) is 15.4 Å². The quantitative estimate of drug-likeness (QED) is 0.198. The number of aromatic nitrogens is 3. The van der Waals surface area contributed by atoms with E-state index in [9.17, 15) is 36.2 Å². The maximum absolute atomic E-state index is 14.8. The normalized spacial score (nSPS) is 15.8. The molecule has 0 aliphatic carbocycles. The van der Waals surface area contributed by atoms with Gasteiger partial charge in [-0.05, 0) is 48.0 Å². The molecule has 8 nitrogen and oxygen atoms in total. The van der Waals surface area contributed by atoms with Crippen molar-refractivity contribution in [3.05, 3.63) is 114 Å². The second kappa shape index (κ2) is 13.1. The number of rotatable bonds is 9. The third-order valence-electron chi connectivity index (χ3n) is 7.39. The van der Waals surface area contributed by atoms with Gasteiger partial charge in [0.1, 0.15) is 35.7 Å². The zero-order valence-electron chi connectivity index (χ0n) is 23.7. The van der Waals surface area contributed by atoms with E-state index in [1.165, 1.54) is 59.8 Å². The van der Waals surface area contributed by atoms with Crippen molar-refractivity contribution < 1.29 is 36.2 Å². The summed E-state index contributed by atoms with van der Waals surface area (Å²) in [6, 6.07) is 11.7. The number of carbonyl (C=O) groups is 1. The molecule has 1 atom stereocenters. The number of aliphatic hydroxyl groups is 1. The summed E-state index contributed by atoms with van der Waals surface area (Å²) in [5.74, 6) is -2.85. The molecule has 3 aromatic carbocycles. The minimum absolute atomic E-state index is 0.0574. The second-order valence-corrected chi connectivity index (χ2v) is 10.6. The molecule has 14 heteroatoms. The summed E-state index contributed by atoms with van der Waals surface area (Å²) >= 11 is 0. The van der Waals surface area contributed by atoms with Gasteiger partial charge in [0.15, 0.2) is 0 Å². The summed E-state index contributed by atoms with van der Waals surface area (Å²) < 4.78 is 85.2. The predicted octanol–water partition coefficient (Wildman–Crippen LogP) is 5.08. The number of benzene rings is 3. The molecule has 1 aliphatic rings. The van der Waals surface area contributed by atoms with Crippen molar-refractivity contribution in [1.29, 1.82) is 0 Å². The SMILES string of the molecule is O=C(/C=C/c1ccc(F)cc1)Nc1ccc(N2CCN(CC(O)(Cn3cncn3)c3ccc(F)cc3F)CC2)c(C(F)(F)F)c1. The number of amides is 1. The van der Waals surface area contributed by atoms with E-state index in [0.717, 1.165) is 24.3 Å². The fourth-order valence-electron chi connectivity index (χ4n) is 5.23. The maximum Gasteiger partial charge on any atom is 0.418 e. The highest BCUT2D eigenvalue weighted by atomic mass is 19.4. The van der Waals surface area contributed by atoms with Gasteiger partial charge in [-0.3, -0.25) is 9.69 Å². The zero-order chi connectivity index (χ0) is 32.2. The number of hydrogen-bond donors (Lipinski definition) is 2. The Balaban J connectivity index is 1.28. The lowest BCUT2D eigenvalue weighted by molar-refractivity contribution is -0.137. The molecule has 2 N–H and O–H groups in total. The van der Waals surface area contributed by atoms with Crippen LogP contribution in [-0.4, -0.2) is 63.4 Å². The highest BCUT2D eigenvalue weighted by Gasteiger charge is 2.38. The van der Waals surface area contributed by atoms with Crippen molar-refractivity contribution in [2.75, 3.05) is 42.9 Å². The Morgan fingerprint density at radius 2 is 1.60 bits per heavy atom. The number of piperazine rings is 1. The molecule has 1 aromatic heterocycles. The molecule has 4 aromatic rings. The lowest BCUT2D eigenvalue weighted by Crippen LogP contribution is -2.52. The Kier molecular flexibility index (Phi) is 9.25. The predicted molar refractivity (Wildman–Crippen MR) is 154 cm³/mol. The molecule has 2 heterocycles. The summed E-state index contributed by atoms with van der Waals surface area (Å²) in [6.07, 6.45) is 0.409. The van der Waals surface area contributed by atoms with Gasteiger partial charge in [-0.15, -0.1) is 0 Å². The summed E-state index contributed by atoms with van der Waals surface area (Å²) in [5, 5.41) is 18.0. The third kappa shape index (κ3) is 7.88. The standard InChI is InChI=1S/C31H28F6N6O2/c32-22-4-1-21(2-5-22)3-10-29(44)40-24-7-9-28(26(16-24)31(35,36)37)42-13-11-41(12-14-42)17-30(45,18-43-20-38-19-39-43)25-8-6-23(33)15-27(25)34/h1-10,15-16,19-20,45H,11-14,17-18H2,(H,40,44)/b10-3+. The van der Waals surface area contributed by atoms with Crippen LogP contribution in [0.15, 0.2) is 79.4 Å². The summed E-state index contributed by atoms with van der Waals surface area (Å²) in [4.78, 5) is 19.5. The van der Waals surface area contributed by atoms with Gasteiger partial charge in [0.25, 0.3) is 0 Å². The molecule has 1 unspecified atom stereocenters. The van der Waals surface area contributed by atoms with Crippen molar-refractivity contribution in [3.63, 3.8) is 0 Å². The first-order valence-electron chi connectivity index (χ1n) is 13.8. The zero-order valence-corrected chi connectivity index (χ0v) is 23.7. The summed E-state index contributed by atoms with van der Waals surface area (Å²) in [7, 11) is 0. The number of β-amino-alcohol motifs (C(OH)–C–C–N with tert-alkyl or cyclic N) is 1. The monoisotopic (exact) mass is 630 g/mol. The van der Waals surface area contributed by atoms with Crippen molar-refractivity contribution in [3.8, 4) is 0 Å². The van der Waals surface area contributed by atoms with Crippen LogP contribution in [0, 0.1) is 17.5 Å². The molecule has 45 heavy (non-hydrogen) atoms. The molecule has 0 radical (unpaired) electrons. The van der Waals surface area contributed by atoms with Crippen molar-refractivity contribution in [2.45, 2.75) is 18.3 Å². The number of halogens is 6. The Labute approximate surface area is 254 Å². The highest BCUT2D eigenvalue weighted by molar-refractivity contribution is 6.02. The van der Waals surface area contributed by atoms with Crippen molar-refractivity contribution >= 4 is 23.4 Å². The smallest absolute Gasteiger partial charge is 0.382 e.